The van der Waals surface area contributed by atoms with Crippen molar-refractivity contribution in [3.8, 4) is 0 Å². The van der Waals surface area contributed by atoms with E-state index in [2.05, 4.69) is 19.1 Å². The molecule has 0 bridgehead atoms. The Morgan fingerprint density at radius 3 is 2.31 bits per heavy atom. The number of carbonyl (C=O) groups is 1. The highest BCUT2D eigenvalue weighted by molar-refractivity contribution is 5.85. The van der Waals surface area contributed by atoms with Crippen molar-refractivity contribution in [2.45, 2.75) is 39.7 Å². The topological polar surface area (TPSA) is 43.1 Å². The van der Waals surface area contributed by atoms with E-state index >= 15 is 0 Å². The smallest absolute Gasteiger partial charge is 0.152 e. The highest BCUT2D eigenvalue weighted by atomic mass is 16.1. The summed E-state index contributed by atoms with van der Waals surface area (Å²) in [5, 5.41) is 0. The summed E-state index contributed by atoms with van der Waals surface area (Å²) in [6.45, 7) is 5.91. The van der Waals surface area contributed by atoms with Gasteiger partial charge in [-0.2, -0.15) is 0 Å². The summed E-state index contributed by atoms with van der Waals surface area (Å²) >= 11 is 0. The molecule has 0 spiro atoms. The lowest BCUT2D eigenvalue weighted by atomic mass is 9.93. The van der Waals surface area contributed by atoms with Crippen molar-refractivity contribution < 1.29 is 4.79 Å². The highest BCUT2D eigenvalue weighted by Gasteiger charge is 2.17. The van der Waals surface area contributed by atoms with E-state index in [0.29, 0.717) is 6.42 Å². The summed E-state index contributed by atoms with van der Waals surface area (Å²) in [6, 6.07) is 7.82. The SMILES string of the molecule is CCc1ccccc1CC(N)C(=O)C(C)C. The Bertz CT molecular complexity index is 358. The second-order valence-electron chi connectivity index (χ2n) is 4.49. The van der Waals surface area contributed by atoms with Gasteiger partial charge in [0, 0.05) is 5.92 Å². The molecule has 1 atom stereocenters. The van der Waals surface area contributed by atoms with Gasteiger partial charge in [-0.3, -0.25) is 4.79 Å². The van der Waals surface area contributed by atoms with E-state index in [0.717, 1.165) is 6.42 Å². The molecule has 1 aromatic rings. The zero-order valence-corrected chi connectivity index (χ0v) is 10.4. The van der Waals surface area contributed by atoms with Gasteiger partial charge in [-0.1, -0.05) is 45.0 Å². The predicted octanol–water partition coefficient (Wildman–Crippen LogP) is 2.34. The van der Waals surface area contributed by atoms with Gasteiger partial charge >= 0.3 is 0 Å². The highest BCUT2D eigenvalue weighted by Crippen LogP contribution is 2.12. The van der Waals surface area contributed by atoms with E-state index < -0.39 is 0 Å². The van der Waals surface area contributed by atoms with Crippen LogP contribution >= 0.6 is 0 Å². The number of nitrogens with two attached hydrogens (primary N) is 1. The van der Waals surface area contributed by atoms with Crippen LogP contribution in [0.4, 0.5) is 0 Å². The molecular formula is C14H21NO. The van der Waals surface area contributed by atoms with Crippen LogP contribution in [0.5, 0.6) is 0 Å². The maximum Gasteiger partial charge on any atom is 0.152 e. The second kappa shape index (κ2) is 5.80. The molecule has 2 nitrogen and oxygen atoms in total. The molecule has 0 aromatic heterocycles. The van der Waals surface area contributed by atoms with E-state index in [1.54, 1.807) is 0 Å². The molecule has 0 fully saturated rings. The Morgan fingerprint density at radius 1 is 1.25 bits per heavy atom. The van der Waals surface area contributed by atoms with Crippen molar-refractivity contribution in [3.63, 3.8) is 0 Å². The molecule has 0 saturated carbocycles. The molecule has 88 valence electrons. The van der Waals surface area contributed by atoms with E-state index in [4.69, 9.17) is 5.73 Å². The lowest BCUT2D eigenvalue weighted by Crippen LogP contribution is -2.35. The Labute approximate surface area is 97.9 Å². The average molecular weight is 219 g/mol. The Morgan fingerprint density at radius 2 is 1.81 bits per heavy atom. The van der Waals surface area contributed by atoms with Gasteiger partial charge in [-0.15, -0.1) is 0 Å². The third-order valence-corrected chi connectivity index (χ3v) is 2.87. The van der Waals surface area contributed by atoms with Crippen LogP contribution in [-0.2, 0) is 17.6 Å². The van der Waals surface area contributed by atoms with Gasteiger partial charge in [0.15, 0.2) is 5.78 Å². The van der Waals surface area contributed by atoms with Gasteiger partial charge in [-0.05, 0) is 24.0 Å². The minimum atomic E-state index is -0.368. The van der Waals surface area contributed by atoms with Crippen LogP contribution in [0.1, 0.15) is 31.9 Å². The maximum atomic E-state index is 11.7. The number of aryl methyl sites for hydroxylation is 1. The van der Waals surface area contributed by atoms with Gasteiger partial charge in [0.1, 0.15) is 0 Å². The van der Waals surface area contributed by atoms with Crippen molar-refractivity contribution in [2.75, 3.05) is 0 Å². The Balaban J connectivity index is 2.76. The lowest BCUT2D eigenvalue weighted by Gasteiger charge is -2.15. The molecule has 1 aromatic carbocycles. The van der Waals surface area contributed by atoms with Crippen molar-refractivity contribution >= 4 is 5.78 Å². The summed E-state index contributed by atoms with van der Waals surface area (Å²) in [6.07, 6.45) is 1.64. The predicted molar refractivity (Wildman–Crippen MR) is 67.3 cm³/mol. The molecule has 0 aliphatic heterocycles. The number of hydrogen-bond donors (Lipinski definition) is 1. The first-order valence-electron chi connectivity index (χ1n) is 5.92. The van der Waals surface area contributed by atoms with Gasteiger partial charge in [0.2, 0.25) is 0 Å². The first-order valence-corrected chi connectivity index (χ1v) is 5.92. The molecule has 0 radical (unpaired) electrons. The van der Waals surface area contributed by atoms with Crippen LogP contribution in [-0.4, -0.2) is 11.8 Å². The second-order valence-corrected chi connectivity index (χ2v) is 4.49. The summed E-state index contributed by atoms with van der Waals surface area (Å²) < 4.78 is 0. The molecule has 0 heterocycles. The fourth-order valence-electron chi connectivity index (χ4n) is 1.87. The molecule has 1 rings (SSSR count). The number of ketones is 1. The van der Waals surface area contributed by atoms with E-state index in [1.807, 2.05) is 26.0 Å². The molecular weight excluding hydrogens is 198 g/mol. The van der Waals surface area contributed by atoms with Gasteiger partial charge < -0.3 is 5.73 Å². The zero-order valence-electron chi connectivity index (χ0n) is 10.4. The third-order valence-electron chi connectivity index (χ3n) is 2.87. The zero-order chi connectivity index (χ0) is 12.1. The summed E-state index contributed by atoms with van der Waals surface area (Å²) in [5.41, 5.74) is 8.41. The van der Waals surface area contributed by atoms with E-state index in [1.165, 1.54) is 11.1 Å². The maximum absolute atomic E-state index is 11.7. The fraction of sp³-hybridized carbons (Fsp3) is 0.500. The number of hydrogen-bond acceptors (Lipinski definition) is 2. The number of rotatable bonds is 5. The Kier molecular flexibility index (Phi) is 4.69. The summed E-state index contributed by atoms with van der Waals surface area (Å²) in [5.74, 6) is 0.162. The monoisotopic (exact) mass is 219 g/mol. The van der Waals surface area contributed by atoms with E-state index in [9.17, 15) is 4.79 Å². The van der Waals surface area contributed by atoms with Crippen LogP contribution < -0.4 is 5.73 Å². The fourth-order valence-corrected chi connectivity index (χ4v) is 1.87. The quantitative estimate of drug-likeness (QED) is 0.826. The van der Waals surface area contributed by atoms with Crippen molar-refractivity contribution in [3.05, 3.63) is 35.4 Å². The largest absolute Gasteiger partial charge is 0.321 e. The summed E-state index contributed by atoms with van der Waals surface area (Å²) in [4.78, 5) is 11.7. The third kappa shape index (κ3) is 3.17. The van der Waals surface area contributed by atoms with Crippen LogP contribution in [0, 0.1) is 5.92 Å². The number of benzene rings is 1. The van der Waals surface area contributed by atoms with Gasteiger partial charge in [0.25, 0.3) is 0 Å². The molecule has 1 unspecified atom stereocenters. The standard InChI is InChI=1S/C14H21NO/c1-4-11-7-5-6-8-12(11)9-13(15)14(16)10(2)3/h5-8,10,13H,4,9,15H2,1-3H3. The first-order chi connectivity index (χ1) is 7.56. The van der Waals surface area contributed by atoms with Gasteiger partial charge in [0.05, 0.1) is 6.04 Å². The molecule has 16 heavy (non-hydrogen) atoms. The lowest BCUT2D eigenvalue weighted by molar-refractivity contribution is -0.123. The molecule has 0 aliphatic carbocycles. The van der Waals surface area contributed by atoms with Crippen LogP contribution in [0.3, 0.4) is 0 Å². The minimum absolute atomic E-state index is 0.0174. The molecule has 2 N–H and O–H groups in total. The minimum Gasteiger partial charge on any atom is -0.321 e. The van der Waals surface area contributed by atoms with Crippen molar-refractivity contribution in [1.82, 2.24) is 0 Å². The van der Waals surface area contributed by atoms with Crippen LogP contribution in [0.25, 0.3) is 0 Å². The Hall–Kier alpha value is -1.15. The molecule has 0 saturated heterocycles. The molecule has 0 amide bonds. The van der Waals surface area contributed by atoms with Gasteiger partial charge in [-0.25, -0.2) is 0 Å². The van der Waals surface area contributed by atoms with Crippen LogP contribution in [0.15, 0.2) is 24.3 Å². The summed E-state index contributed by atoms with van der Waals surface area (Å²) in [7, 11) is 0. The molecule has 2 heteroatoms. The number of carbonyl (C=O) groups excluding carboxylic acids is 1. The van der Waals surface area contributed by atoms with Crippen LogP contribution in [0.2, 0.25) is 0 Å². The van der Waals surface area contributed by atoms with Crippen molar-refractivity contribution in [1.29, 1.82) is 0 Å². The normalized spacial score (nSPS) is 12.8. The first kappa shape index (κ1) is 12.9. The number of Topliss-reactive ketones (excluding diaryl/α,β-unsaturated/α-hetero) is 1. The molecule has 0 aliphatic rings. The van der Waals surface area contributed by atoms with E-state index in [-0.39, 0.29) is 17.7 Å². The average Bonchev–Trinajstić information content (AvgIpc) is 2.28. The van der Waals surface area contributed by atoms with Crippen molar-refractivity contribution in [2.24, 2.45) is 11.7 Å².